The highest BCUT2D eigenvalue weighted by Gasteiger charge is 2.12. The van der Waals surface area contributed by atoms with Crippen molar-refractivity contribution in [3.8, 4) is 11.5 Å². The van der Waals surface area contributed by atoms with Gasteiger partial charge >= 0.3 is 0 Å². The fourth-order valence-electron chi connectivity index (χ4n) is 1.50. The predicted octanol–water partition coefficient (Wildman–Crippen LogP) is 3.55. The van der Waals surface area contributed by atoms with Crippen molar-refractivity contribution in [3.63, 3.8) is 0 Å². The Morgan fingerprint density at radius 3 is 2.07 bits per heavy atom. The third-order valence-corrected chi connectivity index (χ3v) is 3.12. The van der Waals surface area contributed by atoms with Crippen LogP contribution in [0.4, 0.5) is 0 Å². The van der Waals surface area contributed by atoms with E-state index in [1.165, 1.54) is 5.56 Å². The van der Waals surface area contributed by atoms with Gasteiger partial charge in [-0.05, 0) is 24.3 Å². The van der Waals surface area contributed by atoms with Gasteiger partial charge in [0.25, 0.3) is 0 Å². The Hall–Kier alpha value is -0.830. The molecule has 3 heteroatoms. The molecule has 0 heterocycles. The van der Waals surface area contributed by atoms with Crippen LogP contribution in [0.1, 0.15) is 25.3 Å². The first-order valence-electron chi connectivity index (χ1n) is 4.94. The molecule has 0 aromatic heterocycles. The Morgan fingerprint density at radius 2 is 1.67 bits per heavy atom. The SMILES string of the molecule is COc1cc(C(C)C)c(OC)cc1SC. The normalized spacial score (nSPS) is 10.5. The van der Waals surface area contributed by atoms with E-state index in [4.69, 9.17) is 9.47 Å². The number of rotatable bonds is 4. The smallest absolute Gasteiger partial charge is 0.132 e. The molecule has 0 aliphatic heterocycles. The van der Waals surface area contributed by atoms with E-state index in [-0.39, 0.29) is 0 Å². The van der Waals surface area contributed by atoms with Gasteiger partial charge in [0.15, 0.2) is 0 Å². The third-order valence-electron chi connectivity index (χ3n) is 2.36. The summed E-state index contributed by atoms with van der Waals surface area (Å²) in [4.78, 5) is 1.11. The fraction of sp³-hybridized carbons (Fsp3) is 0.500. The van der Waals surface area contributed by atoms with E-state index in [2.05, 4.69) is 19.9 Å². The van der Waals surface area contributed by atoms with Gasteiger partial charge in [0, 0.05) is 5.56 Å². The maximum Gasteiger partial charge on any atom is 0.132 e. The summed E-state index contributed by atoms with van der Waals surface area (Å²) in [5.74, 6) is 2.30. The molecule has 0 N–H and O–H groups in total. The predicted molar refractivity (Wildman–Crippen MR) is 65.4 cm³/mol. The molecule has 0 saturated heterocycles. The zero-order valence-corrected chi connectivity index (χ0v) is 10.8. The summed E-state index contributed by atoms with van der Waals surface area (Å²) in [7, 11) is 3.41. The van der Waals surface area contributed by atoms with Gasteiger partial charge in [-0.2, -0.15) is 0 Å². The Bertz CT molecular complexity index is 335. The van der Waals surface area contributed by atoms with Crippen molar-refractivity contribution in [3.05, 3.63) is 17.7 Å². The maximum absolute atomic E-state index is 5.38. The highest BCUT2D eigenvalue weighted by Crippen LogP contribution is 2.37. The average molecular weight is 226 g/mol. The molecule has 0 amide bonds. The van der Waals surface area contributed by atoms with E-state index < -0.39 is 0 Å². The van der Waals surface area contributed by atoms with Crippen molar-refractivity contribution in [2.45, 2.75) is 24.7 Å². The van der Waals surface area contributed by atoms with Crippen molar-refractivity contribution in [2.75, 3.05) is 20.5 Å². The molecule has 1 rings (SSSR count). The van der Waals surface area contributed by atoms with Crippen LogP contribution in [0.25, 0.3) is 0 Å². The van der Waals surface area contributed by atoms with Crippen LogP contribution in [0, 0.1) is 0 Å². The number of methoxy groups -OCH3 is 2. The summed E-state index contributed by atoms with van der Waals surface area (Å²) in [5.41, 5.74) is 1.19. The number of hydrogen-bond acceptors (Lipinski definition) is 3. The molecule has 0 saturated carbocycles. The van der Waals surface area contributed by atoms with Gasteiger partial charge in [-0.15, -0.1) is 11.8 Å². The molecule has 15 heavy (non-hydrogen) atoms. The summed E-state index contributed by atoms with van der Waals surface area (Å²) >= 11 is 1.66. The van der Waals surface area contributed by atoms with Crippen molar-refractivity contribution >= 4 is 11.8 Å². The van der Waals surface area contributed by atoms with E-state index in [1.807, 2.05) is 12.3 Å². The Labute approximate surface area is 96.0 Å². The lowest BCUT2D eigenvalue weighted by molar-refractivity contribution is 0.389. The van der Waals surface area contributed by atoms with Crippen LogP contribution >= 0.6 is 11.8 Å². The zero-order chi connectivity index (χ0) is 11.4. The monoisotopic (exact) mass is 226 g/mol. The van der Waals surface area contributed by atoms with E-state index in [0.29, 0.717) is 5.92 Å². The third kappa shape index (κ3) is 2.59. The second-order valence-electron chi connectivity index (χ2n) is 3.60. The quantitative estimate of drug-likeness (QED) is 0.731. The lowest BCUT2D eigenvalue weighted by Crippen LogP contribution is -1.97. The molecule has 0 aliphatic carbocycles. The minimum Gasteiger partial charge on any atom is -0.496 e. The van der Waals surface area contributed by atoms with Crippen LogP contribution < -0.4 is 9.47 Å². The summed E-state index contributed by atoms with van der Waals surface area (Å²) in [6.45, 7) is 4.30. The molecule has 0 spiro atoms. The summed E-state index contributed by atoms with van der Waals surface area (Å²) in [6, 6.07) is 4.11. The summed E-state index contributed by atoms with van der Waals surface area (Å²) in [6.07, 6.45) is 2.03. The zero-order valence-electron chi connectivity index (χ0n) is 9.96. The van der Waals surface area contributed by atoms with E-state index >= 15 is 0 Å². The molecular formula is C12H18O2S. The second kappa shape index (κ2) is 5.31. The van der Waals surface area contributed by atoms with Gasteiger partial charge in [-0.1, -0.05) is 13.8 Å². The number of thioether (sulfide) groups is 1. The van der Waals surface area contributed by atoms with Gasteiger partial charge < -0.3 is 9.47 Å². The highest BCUT2D eigenvalue weighted by molar-refractivity contribution is 7.98. The second-order valence-corrected chi connectivity index (χ2v) is 4.45. The van der Waals surface area contributed by atoms with Crippen molar-refractivity contribution < 1.29 is 9.47 Å². The van der Waals surface area contributed by atoms with Crippen molar-refractivity contribution in [1.29, 1.82) is 0 Å². The Morgan fingerprint density at radius 1 is 1.07 bits per heavy atom. The van der Waals surface area contributed by atoms with Gasteiger partial charge in [-0.25, -0.2) is 0 Å². The minimum atomic E-state index is 0.435. The van der Waals surface area contributed by atoms with Crippen LogP contribution in [-0.4, -0.2) is 20.5 Å². The molecule has 0 radical (unpaired) electrons. The molecule has 1 aromatic carbocycles. The number of hydrogen-bond donors (Lipinski definition) is 0. The van der Waals surface area contributed by atoms with Crippen LogP contribution in [-0.2, 0) is 0 Å². The van der Waals surface area contributed by atoms with Crippen molar-refractivity contribution in [2.24, 2.45) is 0 Å². The van der Waals surface area contributed by atoms with Crippen LogP contribution in [0.3, 0.4) is 0 Å². The van der Waals surface area contributed by atoms with Gasteiger partial charge in [0.1, 0.15) is 11.5 Å². The van der Waals surface area contributed by atoms with Gasteiger partial charge in [0.05, 0.1) is 19.1 Å². The fourth-order valence-corrected chi connectivity index (χ4v) is 2.07. The van der Waals surface area contributed by atoms with E-state index in [9.17, 15) is 0 Å². The number of benzene rings is 1. The summed E-state index contributed by atoms with van der Waals surface area (Å²) in [5, 5.41) is 0. The van der Waals surface area contributed by atoms with Crippen LogP contribution in [0.15, 0.2) is 17.0 Å². The molecule has 0 bridgehead atoms. The lowest BCUT2D eigenvalue weighted by atomic mass is 10.0. The molecular weight excluding hydrogens is 208 g/mol. The first-order chi connectivity index (χ1) is 7.13. The molecule has 2 nitrogen and oxygen atoms in total. The summed E-state index contributed by atoms with van der Waals surface area (Å²) < 4.78 is 10.7. The number of ether oxygens (including phenoxy) is 2. The molecule has 1 aromatic rings. The van der Waals surface area contributed by atoms with Crippen LogP contribution in [0.5, 0.6) is 11.5 Å². The van der Waals surface area contributed by atoms with E-state index in [1.54, 1.807) is 26.0 Å². The molecule has 0 fully saturated rings. The first kappa shape index (κ1) is 12.2. The molecule has 84 valence electrons. The topological polar surface area (TPSA) is 18.5 Å². The van der Waals surface area contributed by atoms with Crippen LogP contribution in [0.2, 0.25) is 0 Å². The highest BCUT2D eigenvalue weighted by atomic mass is 32.2. The molecule has 0 unspecified atom stereocenters. The largest absolute Gasteiger partial charge is 0.496 e. The average Bonchev–Trinajstić information content (AvgIpc) is 2.26. The Kier molecular flexibility index (Phi) is 4.33. The molecule has 0 atom stereocenters. The Balaban J connectivity index is 3.27. The van der Waals surface area contributed by atoms with E-state index in [0.717, 1.165) is 16.4 Å². The standard InChI is InChI=1S/C12H18O2S/c1-8(2)9-6-11(14-4)12(15-5)7-10(9)13-3/h6-8H,1-5H3. The first-order valence-corrected chi connectivity index (χ1v) is 6.16. The lowest BCUT2D eigenvalue weighted by Gasteiger charge is -2.15. The maximum atomic E-state index is 5.38. The van der Waals surface area contributed by atoms with Gasteiger partial charge in [0.2, 0.25) is 0 Å². The minimum absolute atomic E-state index is 0.435. The van der Waals surface area contributed by atoms with Gasteiger partial charge in [-0.3, -0.25) is 0 Å². The molecule has 0 aliphatic rings. The van der Waals surface area contributed by atoms with Crippen molar-refractivity contribution in [1.82, 2.24) is 0 Å².